The van der Waals surface area contributed by atoms with Crippen molar-refractivity contribution in [1.29, 1.82) is 0 Å². The van der Waals surface area contributed by atoms with Gasteiger partial charge in [0.15, 0.2) is 11.5 Å². The third-order valence-corrected chi connectivity index (χ3v) is 6.11. The molecular weight excluding hydrogens is 368 g/mol. The van der Waals surface area contributed by atoms with Crippen LogP contribution in [0.15, 0.2) is 36.4 Å². The van der Waals surface area contributed by atoms with E-state index in [0.29, 0.717) is 24.0 Å². The number of halogens is 1. The van der Waals surface area contributed by atoms with Crippen LogP contribution in [0, 0.1) is 0 Å². The maximum absolute atomic E-state index is 6.42. The zero-order valence-corrected chi connectivity index (χ0v) is 16.4. The van der Waals surface area contributed by atoms with Crippen molar-refractivity contribution in [2.75, 3.05) is 20.3 Å². The molecule has 1 aromatic heterocycles. The second kappa shape index (κ2) is 7.43. The topological polar surface area (TPSA) is 34.6 Å². The van der Waals surface area contributed by atoms with E-state index < -0.39 is 0 Å². The maximum Gasteiger partial charge on any atom is 0.179 e. The summed E-state index contributed by atoms with van der Waals surface area (Å²) in [7, 11) is 2.10. The van der Waals surface area contributed by atoms with Crippen molar-refractivity contribution >= 4 is 33.2 Å². The Morgan fingerprint density at radius 1 is 1.23 bits per heavy atom. The Hall–Kier alpha value is -1.82. The molecule has 0 amide bonds. The third-order valence-electron chi connectivity index (χ3n) is 4.62. The molecule has 4 rings (SSSR count). The summed E-state index contributed by atoms with van der Waals surface area (Å²) in [5.41, 5.74) is 2.17. The average Bonchev–Trinajstić information content (AvgIpc) is 2.92. The first-order chi connectivity index (χ1) is 12.6. The molecule has 0 fully saturated rings. The lowest BCUT2D eigenvalue weighted by Gasteiger charge is -2.23. The van der Waals surface area contributed by atoms with Crippen molar-refractivity contribution in [3.05, 3.63) is 52.0 Å². The molecule has 0 N–H and O–H groups in total. The highest BCUT2D eigenvalue weighted by Crippen LogP contribution is 2.38. The van der Waals surface area contributed by atoms with Gasteiger partial charge in [0.05, 0.1) is 34.5 Å². The van der Waals surface area contributed by atoms with Crippen molar-refractivity contribution in [2.45, 2.75) is 25.9 Å². The summed E-state index contributed by atoms with van der Waals surface area (Å²) in [5, 5.41) is 1.73. The van der Waals surface area contributed by atoms with Crippen LogP contribution >= 0.6 is 22.9 Å². The van der Waals surface area contributed by atoms with Crippen molar-refractivity contribution in [2.24, 2.45) is 0 Å². The van der Waals surface area contributed by atoms with Gasteiger partial charge >= 0.3 is 0 Å². The van der Waals surface area contributed by atoms with Crippen LogP contribution in [0.5, 0.6) is 11.5 Å². The van der Waals surface area contributed by atoms with Gasteiger partial charge in [0.1, 0.15) is 5.01 Å². The number of thiazole rings is 1. The summed E-state index contributed by atoms with van der Waals surface area (Å²) in [6.45, 7) is 4.24. The molecule has 1 atom stereocenters. The Morgan fingerprint density at radius 2 is 2.04 bits per heavy atom. The fraction of sp³-hybridized carbons (Fsp3) is 0.350. The van der Waals surface area contributed by atoms with Crippen LogP contribution in [0.1, 0.15) is 30.0 Å². The van der Waals surface area contributed by atoms with E-state index in [0.717, 1.165) is 34.8 Å². The zero-order chi connectivity index (χ0) is 18.1. The largest absolute Gasteiger partial charge is 0.489 e. The fourth-order valence-electron chi connectivity index (χ4n) is 3.06. The molecule has 6 heteroatoms. The number of benzene rings is 2. The van der Waals surface area contributed by atoms with Crippen LogP contribution in [-0.4, -0.2) is 30.1 Å². The molecule has 0 unspecified atom stereocenters. The van der Waals surface area contributed by atoms with Gasteiger partial charge in [-0.3, -0.25) is 4.90 Å². The van der Waals surface area contributed by atoms with Gasteiger partial charge in [0.2, 0.25) is 0 Å². The Balaban J connectivity index is 1.54. The van der Waals surface area contributed by atoms with Crippen LogP contribution in [0.4, 0.5) is 0 Å². The summed E-state index contributed by atoms with van der Waals surface area (Å²) in [6, 6.07) is 12.5. The molecule has 2 heterocycles. The number of hydrogen-bond acceptors (Lipinski definition) is 5. The van der Waals surface area contributed by atoms with Gasteiger partial charge in [-0.1, -0.05) is 23.7 Å². The summed E-state index contributed by atoms with van der Waals surface area (Å²) in [5.74, 6) is 1.40. The summed E-state index contributed by atoms with van der Waals surface area (Å²) >= 11 is 8.17. The highest BCUT2D eigenvalue weighted by Gasteiger charge is 2.19. The molecular formula is C20H21ClN2O2S. The molecule has 0 spiro atoms. The molecule has 3 aromatic rings. The molecule has 0 bridgehead atoms. The molecule has 136 valence electrons. The molecule has 2 aromatic carbocycles. The average molecular weight is 389 g/mol. The van der Waals surface area contributed by atoms with Crippen LogP contribution in [0.2, 0.25) is 5.02 Å². The van der Waals surface area contributed by atoms with Gasteiger partial charge in [-0.25, -0.2) is 4.98 Å². The number of nitrogens with zero attached hydrogens (tertiary/aromatic N) is 2. The fourth-order valence-corrected chi connectivity index (χ4v) is 4.43. The molecule has 0 aliphatic carbocycles. The van der Waals surface area contributed by atoms with E-state index in [9.17, 15) is 0 Å². The minimum absolute atomic E-state index is 0.210. The van der Waals surface area contributed by atoms with E-state index in [1.54, 1.807) is 11.3 Å². The summed E-state index contributed by atoms with van der Waals surface area (Å²) < 4.78 is 12.7. The quantitative estimate of drug-likeness (QED) is 0.607. The highest BCUT2D eigenvalue weighted by atomic mass is 35.5. The van der Waals surface area contributed by atoms with E-state index >= 15 is 0 Å². The first kappa shape index (κ1) is 17.6. The molecule has 1 aliphatic rings. The summed E-state index contributed by atoms with van der Waals surface area (Å²) in [4.78, 5) is 7.05. The van der Waals surface area contributed by atoms with Gasteiger partial charge in [-0.2, -0.15) is 0 Å². The molecule has 0 radical (unpaired) electrons. The standard InChI is InChI=1S/C20H21ClN2O2S/c1-13(20-22-16-6-3-4-7-18(16)26-20)23(2)12-14-10-15(21)19-17(11-14)24-8-5-9-25-19/h3-4,6-7,10-11,13H,5,8-9,12H2,1-2H3/t13-/m0/s1. The zero-order valence-electron chi connectivity index (χ0n) is 14.9. The molecule has 1 aliphatic heterocycles. The minimum atomic E-state index is 0.210. The number of hydrogen-bond donors (Lipinski definition) is 0. The van der Waals surface area contributed by atoms with Gasteiger partial charge in [0, 0.05) is 13.0 Å². The van der Waals surface area contributed by atoms with Gasteiger partial charge < -0.3 is 9.47 Å². The monoisotopic (exact) mass is 388 g/mol. The van der Waals surface area contributed by atoms with Crippen LogP contribution in [0.25, 0.3) is 10.2 Å². The first-order valence-electron chi connectivity index (χ1n) is 8.75. The van der Waals surface area contributed by atoms with Gasteiger partial charge in [0.25, 0.3) is 0 Å². The Labute approximate surface area is 162 Å². The molecule has 0 saturated carbocycles. The third kappa shape index (κ3) is 3.52. The maximum atomic E-state index is 6.42. The summed E-state index contributed by atoms with van der Waals surface area (Å²) in [6.07, 6.45) is 0.870. The second-order valence-electron chi connectivity index (χ2n) is 6.57. The number of rotatable bonds is 4. The van der Waals surface area contributed by atoms with Crippen LogP contribution < -0.4 is 9.47 Å². The lowest BCUT2D eigenvalue weighted by molar-refractivity contribution is 0.252. The predicted octanol–water partition coefficient (Wildman–Crippen LogP) is 5.30. The van der Waals surface area contributed by atoms with Crippen molar-refractivity contribution in [3.63, 3.8) is 0 Å². The van der Waals surface area contributed by atoms with Crippen molar-refractivity contribution in [1.82, 2.24) is 9.88 Å². The van der Waals surface area contributed by atoms with E-state index in [1.165, 1.54) is 4.70 Å². The molecule has 4 nitrogen and oxygen atoms in total. The van der Waals surface area contributed by atoms with Crippen molar-refractivity contribution in [3.8, 4) is 11.5 Å². The Kier molecular flexibility index (Phi) is 5.02. The second-order valence-corrected chi connectivity index (χ2v) is 8.04. The highest BCUT2D eigenvalue weighted by molar-refractivity contribution is 7.18. The lowest BCUT2D eigenvalue weighted by atomic mass is 10.1. The minimum Gasteiger partial charge on any atom is -0.489 e. The van der Waals surface area contributed by atoms with Crippen molar-refractivity contribution < 1.29 is 9.47 Å². The number of ether oxygens (including phenoxy) is 2. The Morgan fingerprint density at radius 3 is 2.88 bits per heavy atom. The number of fused-ring (bicyclic) bond motifs is 2. The Bertz CT molecular complexity index is 894. The SMILES string of the molecule is C[C@@H](c1nc2ccccc2s1)N(C)Cc1cc(Cl)c2c(c1)OCCCO2. The van der Waals surface area contributed by atoms with Gasteiger partial charge in [-0.05, 0) is 43.8 Å². The first-order valence-corrected chi connectivity index (χ1v) is 9.95. The smallest absolute Gasteiger partial charge is 0.179 e. The van der Waals surface area contributed by atoms with E-state index in [4.69, 9.17) is 26.1 Å². The van der Waals surface area contributed by atoms with Gasteiger partial charge in [-0.15, -0.1) is 11.3 Å². The van der Waals surface area contributed by atoms with E-state index in [1.807, 2.05) is 18.2 Å². The molecule has 0 saturated heterocycles. The lowest BCUT2D eigenvalue weighted by Crippen LogP contribution is -2.21. The normalized spacial score (nSPS) is 15.2. The number of aromatic nitrogens is 1. The predicted molar refractivity (Wildman–Crippen MR) is 107 cm³/mol. The van der Waals surface area contributed by atoms with Crippen LogP contribution in [0.3, 0.4) is 0 Å². The number of para-hydroxylation sites is 1. The van der Waals surface area contributed by atoms with Crippen LogP contribution in [-0.2, 0) is 6.54 Å². The van der Waals surface area contributed by atoms with E-state index in [2.05, 4.69) is 37.1 Å². The molecule has 26 heavy (non-hydrogen) atoms. The van der Waals surface area contributed by atoms with E-state index in [-0.39, 0.29) is 6.04 Å².